The van der Waals surface area contributed by atoms with Gasteiger partial charge in [0.1, 0.15) is 0 Å². The lowest BCUT2D eigenvalue weighted by atomic mass is 9.97. The fourth-order valence-electron chi connectivity index (χ4n) is 2.73. The summed E-state index contributed by atoms with van der Waals surface area (Å²) in [4.78, 5) is 13.1. The highest BCUT2D eigenvalue weighted by molar-refractivity contribution is 5.67. The second kappa shape index (κ2) is 6.09. The largest absolute Gasteiger partial charge is 0.481 e. The minimum Gasteiger partial charge on any atom is -0.481 e. The molecule has 1 heterocycles. The molecule has 0 fully saturated rings. The third kappa shape index (κ3) is 3.72. The first-order valence-corrected chi connectivity index (χ1v) is 7.15. The zero-order valence-electron chi connectivity index (χ0n) is 11.9. The van der Waals surface area contributed by atoms with Gasteiger partial charge in [-0.3, -0.25) is 4.79 Å². The molecular weight excluding hydrogens is 238 g/mol. The van der Waals surface area contributed by atoms with Crippen LogP contribution in [0, 0.1) is 5.92 Å². The zero-order valence-corrected chi connectivity index (χ0v) is 11.9. The molecule has 0 aliphatic carbocycles. The van der Waals surface area contributed by atoms with Crippen LogP contribution in [0.1, 0.15) is 37.8 Å². The summed E-state index contributed by atoms with van der Waals surface area (Å²) in [5.41, 5.74) is 3.87. The van der Waals surface area contributed by atoms with Crippen molar-refractivity contribution < 1.29 is 9.90 Å². The summed E-state index contributed by atoms with van der Waals surface area (Å²) in [6.45, 7) is 6.67. The number of carbonyl (C=O) groups is 1. The first kappa shape index (κ1) is 13.9. The van der Waals surface area contributed by atoms with Crippen LogP contribution in [0.2, 0.25) is 0 Å². The van der Waals surface area contributed by atoms with Gasteiger partial charge in [0.15, 0.2) is 0 Å². The van der Waals surface area contributed by atoms with Gasteiger partial charge in [-0.05, 0) is 42.4 Å². The van der Waals surface area contributed by atoms with Crippen LogP contribution in [0.15, 0.2) is 18.2 Å². The molecule has 0 saturated carbocycles. The van der Waals surface area contributed by atoms with Crippen LogP contribution in [0.5, 0.6) is 0 Å². The van der Waals surface area contributed by atoms with Gasteiger partial charge in [0, 0.05) is 25.2 Å². The van der Waals surface area contributed by atoms with Crippen LogP contribution < -0.4 is 4.90 Å². The minimum atomic E-state index is -0.725. The number of anilines is 1. The van der Waals surface area contributed by atoms with Gasteiger partial charge in [0.2, 0.25) is 0 Å². The first-order valence-electron chi connectivity index (χ1n) is 7.15. The predicted molar refractivity (Wildman–Crippen MR) is 77.8 cm³/mol. The monoisotopic (exact) mass is 261 g/mol. The molecule has 0 bridgehead atoms. The Morgan fingerprint density at radius 3 is 2.89 bits per heavy atom. The molecule has 0 aromatic heterocycles. The van der Waals surface area contributed by atoms with Gasteiger partial charge in [-0.25, -0.2) is 0 Å². The number of hydrogen-bond donors (Lipinski definition) is 1. The third-order valence-corrected chi connectivity index (χ3v) is 3.58. The maximum atomic E-state index is 10.7. The molecule has 0 saturated heterocycles. The van der Waals surface area contributed by atoms with Gasteiger partial charge in [0.25, 0.3) is 0 Å². The van der Waals surface area contributed by atoms with E-state index in [1.165, 1.54) is 17.7 Å². The molecule has 1 aromatic carbocycles. The van der Waals surface area contributed by atoms with E-state index in [4.69, 9.17) is 5.11 Å². The lowest BCUT2D eigenvalue weighted by Crippen LogP contribution is -2.32. The summed E-state index contributed by atoms with van der Waals surface area (Å²) in [6.07, 6.45) is 3.19. The number of aliphatic carboxylic acids is 1. The minimum absolute atomic E-state index is 0.211. The van der Waals surface area contributed by atoms with Crippen LogP contribution >= 0.6 is 0 Å². The van der Waals surface area contributed by atoms with Crippen molar-refractivity contribution in [3.8, 4) is 0 Å². The van der Waals surface area contributed by atoms with Crippen molar-refractivity contribution in [2.45, 2.75) is 39.5 Å². The topological polar surface area (TPSA) is 40.5 Å². The third-order valence-electron chi connectivity index (χ3n) is 3.58. The Morgan fingerprint density at radius 2 is 2.21 bits per heavy atom. The molecule has 1 aliphatic rings. The number of aryl methyl sites for hydroxylation is 2. The summed E-state index contributed by atoms with van der Waals surface area (Å²) in [5, 5.41) is 8.77. The molecule has 3 heteroatoms. The second-order valence-corrected chi connectivity index (χ2v) is 5.80. The Kier molecular flexibility index (Phi) is 4.46. The summed E-state index contributed by atoms with van der Waals surface area (Å²) in [7, 11) is 0. The lowest BCUT2D eigenvalue weighted by Gasteiger charge is -2.33. The van der Waals surface area contributed by atoms with E-state index in [2.05, 4.69) is 36.9 Å². The second-order valence-electron chi connectivity index (χ2n) is 5.80. The number of fused-ring (bicyclic) bond motifs is 1. The SMILES string of the molecule is CC(C)CN1CCCc2ccc(CCC(=O)O)cc21. The number of nitrogens with zero attached hydrogens (tertiary/aromatic N) is 1. The molecule has 0 unspecified atom stereocenters. The summed E-state index contributed by atoms with van der Waals surface area (Å²) < 4.78 is 0. The Morgan fingerprint density at radius 1 is 1.42 bits per heavy atom. The molecule has 2 rings (SSSR count). The van der Waals surface area contributed by atoms with Crippen LogP contribution in [0.3, 0.4) is 0 Å². The van der Waals surface area contributed by atoms with Crippen molar-refractivity contribution >= 4 is 11.7 Å². The molecule has 0 spiro atoms. The van der Waals surface area contributed by atoms with E-state index >= 15 is 0 Å². The average molecular weight is 261 g/mol. The van der Waals surface area contributed by atoms with E-state index in [1.807, 2.05) is 0 Å². The highest BCUT2D eigenvalue weighted by atomic mass is 16.4. The molecule has 19 heavy (non-hydrogen) atoms. The normalized spacial score (nSPS) is 14.6. The average Bonchev–Trinajstić information content (AvgIpc) is 2.36. The molecule has 1 aliphatic heterocycles. The van der Waals surface area contributed by atoms with E-state index in [-0.39, 0.29) is 6.42 Å². The van der Waals surface area contributed by atoms with Gasteiger partial charge in [0.05, 0.1) is 0 Å². The van der Waals surface area contributed by atoms with Crippen LogP contribution in [-0.4, -0.2) is 24.2 Å². The molecule has 0 radical (unpaired) electrons. The number of hydrogen-bond acceptors (Lipinski definition) is 2. The molecule has 0 amide bonds. The maximum Gasteiger partial charge on any atom is 0.303 e. The lowest BCUT2D eigenvalue weighted by molar-refractivity contribution is -0.136. The van der Waals surface area contributed by atoms with Crippen LogP contribution in [-0.2, 0) is 17.6 Å². The van der Waals surface area contributed by atoms with Gasteiger partial charge in [-0.15, -0.1) is 0 Å². The fraction of sp³-hybridized carbons (Fsp3) is 0.562. The molecule has 104 valence electrons. The molecule has 3 nitrogen and oxygen atoms in total. The highest BCUT2D eigenvalue weighted by Gasteiger charge is 2.17. The van der Waals surface area contributed by atoms with Crippen molar-refractivity contribution in [2.75, 3.05) is 18.0 Å². The van der Waals surface area contributed by atoms with Crippen molar-refractivity contribution in [1.29, 1.82) is 0 Å². The van der Waals surface area contributed by atoms with Gasteiger partial charge < -0.3 is 10.0 Å². The summed E-state index contributed by atoms with van der Waals surface area (Å²) >= 11 is 0. The van der Waals surface area contributed by atoms with Crippen molar-refractivity contribution in [2.24, 2.45) is 5.92 Å². The predicted octanol–water partition coefficient (Wildman–Crippen LogP) is 3.11. The van der Waals surface area contributed by atoms with Crippen molar-refractivity contribution in [3.05, 3.63) is 29.3 Å². The van der Waals surface area contributed by atoms with E-state index in [0.29, 0.717) is 12.3 Å². The van der Waals surface area contributed by atoms with E-state index in [9.17, 15) is 4.79 Å². The quantitative estimate of drug-likeness (QED) is 0.885. The highest BCUT2D eigenvalue weighted by Crippen LogP contribution is 2.29. The fourth-order valence-corrected chi connectivity index (χ4v) is 2.73. The van der Waals surface area contributed by atoms with Crippen LogP contribution in [0.25, 0.3) is 0 Å². The van der Waals surface area contributed by atoms with Crippen molar-refractivity contribution in [3.63, 3.8) is 0 Å². The number of carboxylic acid groups (broad SMARTS) is 1. The standard InChI is InChI=1S/C16H23NO2/c1-12(2)11-17-9-3-4-14-7-5-13(10-15(14)17)6-8-16(18)19/h5,7,10,12H,3-4,6,8-9,11H2,1-2H3,(H,18,19). The smallest absolute Gasteiger partial charge is 0.303 e. The Bertz CT molecular complexity index is 454. The first-order chi connectivity index (χ1) is 9.06. The molecule has 1 N–H and O–H groups in total. The van der Waals surface area contributed by atoms with E-state index in [0.717, 1.165) is 25.1 Å². The molecule has 1 aromatic rings. The Balaban J connectivity index is 2.17. The molecular formula is C16H23NO2. The zero-order chi connectivity index (χ0) is 13.8. The maximum absolute atomic E-state index is 10.7. The molecule has 0 atom stereocenters. The van der Waals surface area contributed by atoms with Gasteiger partial charge in [-0.1, -0.05) is 26.0 Å². The van der Waals surface area contributed by atoms with Gasteiger partial charge in [-0.2, -0.15) is 0 Å². The summed E-state index contributed by atoms with van der Waals surface area (Å²) in [6, 6.07) is 6.46. The van der Waals surface area contributed by atoms with Crippen LogP contribution in [0.4, 0.5) is 5.69 Å². The van der Waals surface area contributed by atoms with Crippen molar-refractivity contribution in [1.82, 2.24) is 0 Å². The summed E-state index contributed by atoms with van der Waals surface area (Å²) in [5.74, 6) is -0.0783. The Labute approximate surface area is 115 Å². The Hall–Kier alpha value is -1.51. The number of carboxylic acids is 1. The number of benzene rings is 1. The number of rotatable bonds is 5. The van der Waals surface area contributed by atoms with E-state index in [1.54, 1.807) is 0 Å². The van der Waals surface area contributed by atoms with E-state index < -0.39 is 5.97 Å². The van der Waals surface area contributed by atoms with Gasteiger partial charge >= 0.3 is 5.97 Å².